The van der Waals surface area contributed by atoms with E-state index in [1.54, 1.807) is 12.5 Å². The number of aromatic nitrogens is 2. The number of hydrogen-bond acceptors (Lipinski definition) is 2. The summed E-state index contributed by atoms with van der Waals surface area (Å²) in [6, 6.07) is 6.44. The Balaban J connectivity index is 2.25. The van der Waals surface area contributed by atoms with E-state index in [0.29, 0.717) is 6.04 Å². The highest BCUT2D eigenvalue weighted by molar-refractivity contribution is 6.33. The second-order valence-electron chi connectivity index (χ2n) is 5.60. The SMILES string of the molecule is CCC(C)CC(CC)Nc1cccc(Cl)c1-n1ccnc1. The number of para-hydroxylation sites is 1. The third-order valence-electron chi connectivity index (χ3n) is 3.99. The first kappa shape index (κ1) is 15.9. The summed E-state index contributed by atoms with van der Waals surface area (Å²) >= 11 is 6.39. The van der Waals surface area contributed by atoms with Crippen LogP contribution in [-0.4, -0.2) is 15.6 Å². The molecule has 0 aliphatic carbocycles. The quantitative estimate of drug-likeness (QED) is 0.766. The predicted molar refractivity (Wildman–Crippen MR) is 90.3 cm³/mol. The Kier molecular flexibility index (Phi) is 5.68. The number of anilines is 1. The number of halogens is 1. The van der Waals surface area contributed by atoms with Gasteiger partial charge in [-0.3, -0.25) is 0 Å². The van der Waals surface area contributed by atoms with Gasteiger partial charge in [0.05, 0.1) is 22.7 Å². The number of rotatable bonds is 7. The molecule has 1 aromatic carbocycles. The monoisotopic (exact) mass is 305 g/mol. The highest BCUT2D eigenvalue weighted by Crippen LogP contribution is 2.30. The maximum absolute atomic E-state index is 6.39. The van der Waals surface area contributed by atoms with Gasteiger partial charge in [-0.1, -0.05) is 44.9 Å². The van der Waals surface area contributed by atoms with E-state index in [2.05, 4.69) is 37.1 Å². The van der Waals surface area contributed by atoms with Gasteiger partial charge in [-0.05, 0) is 30.9 Å². The molecule has 0 saturated carbocycles. The first-order chi connectivity index (χ1) is 10.2. The van der Waals surface area contributed by atoms with Crippen molar-refractivity contribution < 1.29 is 0 Å². The molecule has 1 aromatic heterocycles. The van der Waals surface area contributed by atoms with Crippen LogP contribution in [0.3, 0.4) is 0 Å². The number of nitrogens with one attached hydrogen (secondary N) is 1. The lowest BCUT2D eigenvalue weighted by Gasteiger charge is -2.23. The van der Waals surface area contributed by atoms with E-state index < -0.39 is 0 Å². The highest BCUT2D eigenvalue weighted by Gasteiger charge is 2.14. The van der Waals surface area contributed by atoms with E-state index in [1.807, 2.05) is 22.9 Å². The molecule has 2 rings (SSSR count). The Morgan fingerprint density at radius 3 is 2.71 bits per heavy atom. The number of benzene rings is 1. The van der Waals surface area contributed by atoms with Crippen molar-refractivity contribution >= 4 is 17.3 Å². The molecule has 0 fully saturated rings. The Hall–Kier alpha value is -1.48. The maximum Gasteiger partial charge on any atom is 0.0992 e. The molecule has 0 saturated heterocycles. The van der Waals surface area contributed by atoms with Crippen LogP contribution in [0.4, 0.5) is 5.69 Å². The average Bonchev–Trinajstić information content (AvgIpc) is 3.00. The van der Waals surface area contributed by atoms with Crippen LogP contribution >= 0.6 is 11.6 Å². The van der Waals surface area contributed by atoms with Gasteiger partial charge in [-0.2, -0.15) is 0 Å². The van der Waals surface area contributed by atoms with Gasteiger partial charge in [0.1, 0.15) is 0 Å². The molecule has 1 heterocycles. The smallest absolute Gasteiger partial charge is 0.0992 e. The van der Waals surface area contributed by atoms with Crippen molar-refractivity contribution in [3.8, 4) is 5.69 Å². The van der Waals surface area contributed by atoms with Crippen molar-refractivity contribution in [2.24, 2.45) is 5.92 Å². The fourth-order valence-corrected chi connectivity index (χ4v) is 2.76. The fraction of sp³-hybridized carbons (Fsp3) is 0.471. The van der Waals surface area contributed by atoms with Gasteiger partial charge in [0, 0.05) is 18.4 Å². The van der Waals surface area contributed by atoms with Crippen LogP contribution in [-0.2, 0) is 0 Å². The van der Waals surface area contributed by atoms with Crippen LogP contribution in [0.2, 0.25) is 5.02 Å². The van der Waals surface area contributed by atoms with Gasteiger partial charge in [-0.25, -0.2) is 4.98 Å². The molecule has 114 valence electrons. The molecule has 2 atom stereocenters. The molecule has 4 heteroatoms. The molecule has 3 nitrogen and oxygen atoms in total. The first-order valence-corrected chi connectivity index (χ1v) is 8.06. The number of imidazole rings is 1. The number of nitrogens with zero attached hydrogens (tertiary/aromatic N) is 2. The van der Waals surface area contributed by atoms with Gasteiger partial charge < -0.3 is 9.88 Å². The third kappa shape index (κ3) is 4.01. The summed E-state index contributed by atoms with van der Waals surface area (Å²) in [6.45, 7) is 6.77. The average molecular weight is 306 g/mol. The van der Waals surface area contributed by atoms with Crippen molar-refractivity contribution in [2.45, 2.75) is 46.1 Å². The predicted octanol–water partition coefficient (Wildman–Crippen LogP) is 5.15. The van der Waals surface area contributed by atoms with E-state index in [0.717, 1.165) is 28.7 Å². The molecule has 2 unspecified atom stereocenters. The minimum atomic E-state index is 0.459. The standard InChI is InChI=1S/C17H24ClN3/c1-4-13(3)11-14(5-2)20-16-8-6-7-15(18)17(16)21-10-9-19-12-21/h6-10,12-14,20H,4-5,11H2,1-3H3. The molecule has 2 aromatic rings. The summed E-state index contributed by atoms with van der Waals surface area (Å²) < 4.78 is 1.96. The summed E-state index contributed by atoms with van der Waals surface area (Å²) in [4.78, 5) is 4.12. The lowest BCUT2D eigenvalue weighted by Crippen LogP contribution is -2.22. The van der Waals surface area contributed by atoms with Gasteiger partial charge in [0.15, 0.2) is 0 Å². The van der Waals surface area contributed by atoms with E-state index in [1.165, 1.54) is 12.8 Å². The lowest BCUT2D eigenvalue weighted by molar-refractivity contribution is 0.461. The summed E-state index contributed by atoms with van der Waals surface area (Å²) in [7, 11) is 0. The zero-order valence-electron chi connectivity index (χ0n) is 13.0. The van der Waals surface area contributed by atoms with E-state index in [9.17, 15) is 0 Å². The molecular formula is C17H24ClN3. The van der Waals surface area contributed by atoms with E-state index in [-0.39, 0.29) is 0 Å². The summed E-state index contributed by atoms with van der Waals surface area (Å²) in [6.07, 6.45) is 8.94. The minimum Gasteiger partial charge on any atom is -0.381 e. The second kappa shape index (κ2) is 7.51. The molecular weight excluding hydrogens is 282 g/mol. The normalized spacial score (nSPS) is 13.9. The van der Waals surface area contributed by atoms with Crippen molar-refractivity contribution in [3.05, 3.63) is 41.9 Å². The topological polar surface area (TPSA) is 29.9 Å². The Bertz CT molecular complexity index is 551. The molecule has 0 aliphatic rings. The van der Waals surface area contributed by atoms with Gasteiger partial charge in [-0.15, -0.1) is 0 Å². The van der Waals surface area contributed by atoms with Crippen molar-refractivity contribution in [1.82, 2.24) is 9.55 Å². The molecule has 1 N–H and O–H groups in total. The maximum atomic E-state index is 6.39. The fourth-order valence-electron chi connectivity index (χ4n) is 2.49. The summed E-state index contributed by atoms with van der Waals surface area (Å²) in [5.74, 6) is 0.721. The lowest BCUT2D eigenvalue weighted by atomic mass is 9.97. The van der Waals surface area contributed by atoms with E-state index >= 15 is 0 Å². The molecule has 0 radical (unpaired) electrons. The Morgan fingerprint density at radius 1 is 1.29 bits per heavy atom. The van der Waals surface area contributed by atoms with Crippen molar-refractivity contribution in [2.75, 3.05) is 5.32 Å². The van der Waals surface area contributed by atoms with E-state index in [4.69, 9.17) is 11.6 Å². The van der Waals surface area contributed by atoms with Crippen LogP contribution < -0.4 is 5.32 Å². The Labute approximate surface area is 132 Å². The van der Waals surface area contributed by atoms with Crippen LogP contribution in [0.1, 0.15) is 40.0 Å². The van der Waals surface area contributed by atoms with Gasteiger partial charge in [0.25, 0.3) is 0 Å². The summed E-state index contributed by atoms with van der Waals surface area (Å²) in [5, 5.41) is 4.39. The first-order valence-electron chi connectivity index (χ1n) is 7.69. The van der Waals surface area contributed by atoms with Crippen LogP contribution in [0.25, 0.3) is 5.69 Å². The molecule has 0 aliphatic heterocycles. The van der Waals surface area contributed by atoms with Crippen molar-refractivity contribution in [3.63, 3.8) is 0 Å². The van der Waals surface area contributed by atoms with Gasteiger partial charge >= 0.3 is 0 Å². The third-order valence-corrected chi connectivity index (χ3v) is 4.29. The molecule has 0 amide bonds. The van der Waals surface area contributed by atoms with Crippen LogP contribution in [0.15, 0.2) is 36.9 Å². The number of hydrogen-bond donors (Lipinski definition) is 1. The zero-order valence-corrected chi connectivity index (χ0v) is 13.8. The summed E-state index contributed by atoms with van der Waals surface area (Å²) in [5.41, 5.74) is 2.04. The minimum absolute atomic E-state index is 0.459. The van der Waals surface area contributed by atoms with Crippen LogP contribution in [0.5, 0.6) is 0 Å². The molecule has 0 bridgehead atoms. The molecule has 21 heavy (non-hydrogen) atoms. The Morgan fingerprint density at radius 2 is 2.10 bits per heavy atom. The van der Waals surface area contributed by atoms with Crippen molar-refractivity contribution in [1.29, 1.82) is 0 Å². The molecule has 0 spiro atoms. The highest BCUT2D eigenvalue weighted by atomic mass is 35.5. The van der Waals surface area contributed by atoms with Gasteiger partial charge in [0.2, 0.25) is 0 Å². The largest absolute Gasteiger partial charge is 0.381 e. The van der Waals surface area contributed by atoms with Crippen LogP contribution in [0, 0.1) is 5.92 Å². The second-order valence-corrected chi connectivity index (χ2v) is 6.01. The zero-order chi connectivity index (χ0) is 15.2.